The van der Waals surface area contributed by atoms with Crippen molar-refractivity contribution in [2.24, 2.45) is 0 Å². The fourth-order valence-electron chi connectivity index (χ4n) is 1.94. The van der Waals surface area contributed by atoms with Gasteiger partial charge < -0.3 is 0 Å². The van der Waals surface area contributed by atoms with Gasteiger partial charge in [0, 0.05) is 0 Å². The molecular formula is C10H18S2Se2. The molecule has 2 aliphatic rings. The van der Waals surface area contributed by atoms with Crippen molar-refractivity contribution in [2.75, 3.05) is 0 Å². The zero-order valence-corrected chi connectivity index (χ0v) is 14.0. The van der Waals surface area contributed by atoms with Crippen molar-refractivity contribution < 1.29 is 0 Å². The Hall–Kier alpha value is 1.74. The van der Waals surface area contributed by atoms with Crippen molar-refractivity contribution in [3.05, 3.63) is 0 Å². The van der Waals surface area contributed by atoms with E-state index in [2.05, 4.69) is 44.3 Å². The molecule has 0 aromatic rings. The van der Waals surface area contributed by atoms with Crippen LogP contribution < -0.4 is 0 Å². The first-order chi connectivity index (χ1) is 6.60. The Balaban J connectivity index is 2.04. The maximum absolute atomic E-state index is 2.45. The molecule has 0 nitrogen and oxygen atoms in total. The van der Waals surface area contributed by atoms with Gasteiger partial charge in [-0.1, -0.05) is 0 Å². The molecule has 1 spiro atoms. The SMILES string of the molecule is CC1C[Se]C2(CC(C)S1)SC(C)C[Se]2. The number of thioether (sulfide) groups is 2. The van der Waals surface area contributed by atoms with Crippen LogP contribution in [-0.2, 0) is 0 Å². The van der Waals surface area contributed by atoms with Crippen LogP contribution in [0.1, 0.15) is 27.2 Å². The molecule has 82 valence electrons. The van der Waals surface area contributed by atoms with Gasteiger partial charge in [0.05, 0.1) is 0 Å². The van der Waals surface area contributed by atoms with Gasteiger partial charge in [-0.25, -0.2) is 0 Å². The molecule has 0 amide bonds. The summed E-state index contributed by atoms with van der Waals surface area (Å²) in [6, 6.07) is 0. The second-order valence-electron chi connectivity index (χ2n) is 4.19. The molecule has 4 heteroatoms. The van der Waals surface area contributed by atoms with Gasteiger partial charge in [-0.05, 0) is 0 Å². The normalized spacial score (nSPS) is 49.5. The van der Waals surface area contributed by atoms with E-state index in [0.29, 0.717) is 0 Å². The van der Waals surface area contributed by atoms with Crippen LogP contribution in [0.2, 0.25) is 10.6 Å². The molecule has 0 aromatic heterocycles. The van der Waals surface area contributed by atoms with Crippen molar-refractivity contribution in [3.8, 4) is 0 Å². The van der Waals surface area contributed by atoms with Crippen LogP contribution in [0, 0.1) is 0 Å². The van der Waals surface area contributed by atoms with E-state index in [1.165, 1.54) is 17.1 Å². The molecule has 2 heterocycles. The van der Waals surface area contributed by atoms with E-state index in [1.807, 2.05) is 0 Å². The van der Waals surface area contributed by atoms with Crippen molar-refractivity contribution >= 4 is 53.4 Å². The van der Waals surface area contributed by atoms with Crippen LogP contribution in [0.25, 0.3) is 0 Å². The molecule has 4 atom stereocenters. The molecule has 0 bridgehead atoms. The standard InChI is InChI=1S/C10H18S2Se2/c1-7-4-10(12-9(3)6-14-10)13-5-8(2)11-7/h7-9H,4-6H2,1-3H3. The van der Waals surface area contributed by atoms with E-state index in [4.69, 9.17) is 0 Å². The first kappa shape index (κ1) is 12.2. The van der Waals surface area contributed by atoms with Crippen molar-refractivity contribution in [3.63, 3.8) is 0 Å². The van der Waals surface area contributed by atoms with E-state index < -0.39 is 0 Å². The molecule has 0 radical (unpaired) electrons. The molecule has 0 aromatic carbocycles. The number of hydrogen-bond donors (Lipinski definition) is 0. The Bertz CT molecular complexity index is 212. The van der Waals surface area contributed by atoms with Gasteiger partial charge in [-0.2, -0.15) is 0 Å². The monoisotopic (exact) mass is 362 g/mol. The molecule has 0 saturated carbocycles. The zero-order chi connectivity index (χ0) is 10.2. The van der Waals surface area contributed by atoms with Crippen LogP contribution in [0.3, 0.4) is 0 Å². The quantitative estimate of drug-likeness (QED) is 0.610. The fourth-order valence-corrected chi connectivity index (χ4v) is 16.3. The summed E-state index contributed by atoms with van der Waals surface area (Å²) < 4.78 is 0.802. The molecule has 2 rings (SSSR count). The summed E-state index contributed by atoms with van der Waals surface area (Å²) >= 11 is 6.44. The van der Waals surface area contributed by atoms with E-state index in [1.54, 1.807) is 0 Å². The van der Waals surface area contributed by atoms with Gasteiger partial charge in [-0.3, -0.25) is 0 Å². The summed E-state index contributed by atoms with van der Waals surface area (Å²) in [5.41, 5.74) is 0. The summed E-state index contributed by atoms with van der Waals surface area (Å²) in [7, 11) is 0. The average molecular weight is 360 g/mol. The minimum absolute atomic E-state index is 0.802. The predicted molar refractivity (Wildman–Crippen MR) is 72.0 cm³/mol. The molecule has 2 aliphatic heterocycles. The summed E-state index contributed by atoms with van der Waals surface area (Å²) in [6.45, 7) is 7.31. The van der Waals surface area contributed by atoms with Gasteiger partial charge in [0.2, 0.25) is 0 Å². The second kappa shape index (κ2) is 4.94. The Morgan fingerprint density at radius 3 is 2.29 bits per heavy atom. The van der Waals surface area contributed by atoms with E-state index >= 15 is 0 Å². The first-order valence-electron chi connectivity index (χ1n) is 5.21. The van der Waals surface area contributed by atoms with Gasteiger partial charge in [0.1, 0.15) is 0 Å². The summed E-state index contributed by atoms with van der Waals surface area (Å²) in [5.74, 6) is 0. The molecule has 4 unspecified atom stereocenters. The van der Waals surface area contributed by atoms with Gasteiger partial charge in [0.15, 0.2) is 0 Å². The molecule has 2 fully saturated rings. The predicted octanol–water partition coefficient (Wildman–Crippen LogP) is 2.93. The van der Waals surface area contributed by atoms with Crippen LogP contribution in [0.4, 0.5) is 0 Å². The third-order valence-electron chi connectivity index (χ3n) is 2.46. The van der Waals surface area contributed by atoms with Gasteiger partial charge >= 0.3 is 110 Å². The summed E-state index contributed by atoms with van der Waals surface area (Å²) in [5, 5.41) is 5.85. The van der Waals surface area contributed by atoms with E-state index in [0.717, 1.165) is 48.2 Å². The fraction of sp³-hybridized carbons (Fsp3) is 1.00. The zero-order valence-electron chi connectivity index (χ0n) is 8.99. The Labute approximate surface area is 109 Å². The van der Waals surface area contributed by atoms with Crippen LogP contribution in [0.15, 0.2) is 0 Å². The number of rotatable bonds is 0. The first-order valence-corrected chi connectivity index (χ1v) is 11.2. The van der Waals surface area contributed by atoms with Gasteiger partial charge in [-0.15, -0.1) is 0 Å². The van der Waals surface area contributed by atoms with Crippen molar-refractivity contribution in [1.82, 2.24) is 0 Å². The Kier molecular flexibility index (Phi) is 4.30. The van der Waals surface area contributed by atoms with Crippen LogP contribution >= 0.6 is 23.5 Å². The van der Waals surface area contributed by atoms with Crippen molar-refractivity contribution in [2.45, 2.75) is 56.1 Å². The average Bonchev–Trinajstić information content (AvgIpc) is 2.37. The molecule has 14 heavy (non-hydrogen) atoms. The maximum atomic E-state index is 2.45. The molecule has 0 aliphatic carbocycles. The second-order valence-corrected chi connectivity index (χ2v) is 15.8. The third kappa shape index (κ3) is 2.90. The van der Waals surface area contributed by atoms with Gasteiger partial charge in [0.25, 0.3) is 0 Å². The third-order valence-corrected chi connectivity index (χ3v) is 16.1. The summed E-state index contributed by atoms with van der Waals surface area (Å²) in [6.07, 6.45) is 1.51. The molecular weight excluding hydrogens is 342 g/mol. The summed E-state index contributed by atoms with van der Waals surface area (Å²) in [4.78, 5) is 0. The van der Waals surface area contributed by atoms with E-state index in [9.17, 15) is 0 Å². The molecule has 2 saturated heterocycles. The Morgan fingerprint density at radius 1 is 1.00 bits per heavy atom. The van der Waals surface area contributed by atoms with E-state index in [-0.39, 0.29) is 0 Å². The Morgan fingerprint density at radius 2 is 1.64 bits per heavy atom. The van der Waals surface area contributed by atoms with Crippen molar-refractivity contribution in [1.29, 1.82) is 0 Å². The minimum atomic E-state index is 0.802. The topological polar surface area (TPSA) is 0 Å². The number of hydrogen-bond acceptors (Lipinski definition) is 2. The molecule has 0 N–H and O–H groups in total. The van der Waals surface area contributed by atoms with Crippen LogP contribution in [0.5, 0.6) is 0 Å². The van der Waals surface area contributed by atoms with Crippen LogP contribution in [-0.4, -0.2) is 48.2 Å².